The van der Waals surface area contributed by atoms with Gasteiger partial charge in [-0.25, -0.2) is 4.79 Å². The Bertz CT molecular complexity index is 303. The molecule has 0 saturated carbocycles. The molecule has 92 valence electrons. The average Bonchev–Trinajstić information content (AvgIpc) is 2.11. The van der Waals surface area contributed by atoms with Gasteiger partial charge in [0, 0.05) is 12.0 Å². The molecule has 0 aliphatic heterocycles. The minimum atomic E-state index is -4.84. The van der Waals surface area contributed by atoms with Gasteiger partial charge in [-0.1, -0.05) is 13.8 Å². The lowest BCUT2D eigenvalue weighted by Gasteiger charge is -2.12. The number of hydrogen-bond acceptors (Lipinski definition) is 3. The van der Waals surface area contributed by atoms with Crippen molar-refractivity contribution >= 4 is 11.8 Å². The molecule has 0 radical (unpaired) electrons. The van der Waals surface area contributed by atoms with Crippen LogP contribution in [0.3, 0.4) is 0 Å². The topological polar surface area (TPSA) is 43.4 Å². The lowest BCUT2D eigenvalue weighted by atomic mass is 10.0. The van der Waals surface area contributed by atoms with Crippen molar-refractivity contribution in [3.05, 3.63) is 11.6 Å². The minimum absolute atomic E-state index is 0.0453. The molecule has 16 heavy (non-hydrogen) atoms. The molecular weight excluding hydrogens is 225 g/mol. The van der Waals surface area contributed by atoms with Gasteiger partial charge in [0.25, 0.3) is 0 Å². The number of halogens is 3. The summed E-state index contributed by atoms with van der Waals surface area (Å²) in [5, 5.41) is 0. The summed E-state index contributed by atoms with van der Waals surface area (Å²) in [4.78, 5) is 22.1. The molecule has 0 N–H and O–H groups in total. The van der Waals surface area contributed by atoms with Crippen LogP contribution in [0.1, 0.15) is 20.8 Å². The van der Waals surface area contributed by atoms with Crippen LogP contribution in [0, 0.1) is 5.92 Å². The van der Waals surface area contributed by atoms with Crippen molar-refractivity contribution in [3.8, 4) is 0 Å². The number of alkyl halides is 3. The molecular formula is C10H13F3O3. The number of ether oxygens (including phenoxy) is 1. The Morgan fingerprint density at radius 2 is 1.81 bits per heavy atom. The van der Waals surface area contributed by atoms with Gasteiger partial charge in [0.15, 0.2) is 5.78 Å². The fraction of sp³-hybridized carbons (Fsp3) is 0.600. The highest BCUT2D eigenvalue weighted by molar-refractivity contribution is 6.02. The lowest BCUT2D eigenvalue weighted by molar-refractivity contribution is -0.140. The van der Waals surface area contributed by atoms with Crippen LogP contribution in [0.2, 0.25) is 0 Å². The van der Waals surface area contributed by atoms with Crippen molar-refractivity contribution in [2.45, 2.75) is 26.9 Å². The van der Waals surface area contributed by atoms with Gasteiger partial charge in [-0.15, -0.1) is 0 Å². The van der Waals surface area contributed by atoms with E-state index in [1.165, 1.54) is 20.8 Å². The van der Waals surface area contributed by atoms with Crippen molar-refractivity contribution in [1.82, 2.24) is 0 Å². The molecule has 0 fully saturated rings. The maximum atomic E-state index is 12.4. The number of hydrogen-bond donors (Lipinski definition) is 0. The van der Waals surface area contributed by atoms with Gasteiger partial charge in [-0.2, -0.15) is 13.2 Å². The first kappa shape index (κ1) is 14.7. The van der Waals surface area contributed by atoms with Gasteiger partial charge < -0.3 is 4.74 Å². The third-order valence-corrected chi connectivity index (χ3v) is 1.64. The Morgan fingerprint density at radius 1 is 1.31 bits per heavy atom. The minimum Gasteiger partial charge on any atom is -0.463 e. The second-order valence-electron chi connectivity index (χ2n) is 3.33. The third-order valence-electron chi connectivity index (χ3n) is 1.64. The molecule has 0 atom stereocenters. The highest BCUT2D eigenvalue weighted by Gasteiger charge is 2.39. The fourth-order valence-electron chi connectivity index (χ4n) is 0.905. The smallest absolute Gasteiger partial charge is 0.420 e. The first-order chi connectivity index (χ1) is 7.20. The van der Waals surface area contributed by atoms with Crippen LogP contribution in [-0.2, 0) is 14.3 Å². The summed E-state index contributed by atoms with van der Waals surface area (Å²) in [6.07, 6.45) is -4.64. The molecule has 3 nitrogen and oxygen atoms in total. The van der Waals surface area contributed by atoms with Gasteiger partial charge >= 0.3 is 12.1 Å². The standard InChI is InChI=1S/C10H13F3O3/c1-4-16-8(14)5-7(10(11,12)13)9(15)6(2)3/h5-6H,4H2,1-3H3/b7-5+. The Morgan fingerprint density at radius 3 is 2.12 bits per heavy atom. The van der Waals surface area contributed by atoms with E-state index in [0.29, 0.717) is 0 Å². The van der Waals surface area contributed by atoms with E-state index in [-0.39, 0.29) is 12.7 Å². The zero-order valence-corrected chi connectivity index (χ0v) is 9.22. The molecule has 0 aromatic carbocycles. The second-order valence-corrected chi connectivity index (χ2v) is 3.33. The van der Waals surface area contributed by atoms with Crippen LogP contribution in [0.25, 0.3) is 0 Å². The van der Waals surface area contributed by atoms with E-state index in [4.69, 9.17) is 0 Å². The van der Waals surface area contributed by atoms with Crippen molar-refractivity contribution in [1.29, 1.82) is 0 Å². The van der Waals surface area contributed by atoms with Gasteiger partial charge in [0.05, 0.1) is 6.61 Å². The zero-order valence-electron chi connectivity index (χ0n) is 9.22. The molecule has 6 heteroatoms. The van der Waals surface area contributed by atoms with E-state index in [0.717, 1.165) is 0 Å². The normalized spacial score (nSPS) is 12.8. The summed E-state index contributed by atoms with van der Waals surface area (Å²) in [7, 11) is 0. The summed E-state index contributed by atoms with van der Waals surface area (Å²) in [5.74, 6) is -3.12. The Hall–Kier alpha value is -1.33. The van der Waals surface area contributed by atoms with Crippen molar-refractivity contribution in [2.75, 3.05) is 6.61 Å². The second kappa shape index (κ2) is 5.67. The number of allylic oxidation sites excluding steroid dienone is 1. The average molecular weight is 238 g/mol. The number of esters is 1. The van der Waals surface area contributed by atoms with Crippen LogP contribution < -0.4 is 0 Å². The molecule has 0 heterocycles. The van der Waals surface area contributed by atoms with Gasteiger partial charge in [-0.3, -0.25) is 4.79 Å². The molecule has 0 aliphatic rings. The monoisotopic (exact) mass is 238 g/mol. The highest BCUT2D eigenvalue weighted by Crippen LogP contribution is 2.28. The molecule has 0 aromatic heterocycles. The molecule has 0 bridgehead atoms. The van der Waals surface area contributed by atoms with Crippen LogP contribution in [-0.4, -0.2) is 24.5 Å². The molecule has 0 saturated heterocycles. The van der Waals surface area contributed by atoms with E-state index >= 15 is 0 Å². The van der Waals surface area contributed by atoms with E-state index < -0.39 is 29.4 Å². The quantitative estimate of drug-likeness (QED) is 0.557. The lowest BCUT2D eigenvalue weighted by Crippen LogP contribution is -2.25. The summed E-state index contributed by atoms with van der Waals surface area (Å²) < 4.78 is 41.6. The van der Waals surface area contributed by atoms with E-state index in [1.807, 2.05) is 0 Å². The number of carbonyl (C=O) groups excluding carboxylic acids is 2. The van der Waals surface area contributed by atoms with Crippen molar-refractivity contribution in [2.24, 2.45) is 5.92 Å². The van der Waals surface area contributed by atoms with Crippen LogP contribution in [0.5, 0.6) is 0 Å². The SMILES string of the molecule is CCOC(=O)/C=C(\C(=O)C(C)C)C(F)(F)F. The van der Waals surface area contributed by atoms with Crippen LogP contribution in [0.15, 0.2) is 11.6 Å². The maximum absolute atomic E-state index is 12.4. The Labute approximate surface area is 91.3 Å². The van der Waals surface area contributed by atoms with Crippen molar-refractivity contribution < 1.29 is 27.5 Å². The van der Waals surface area contributed by atoms with Gasteiger partial charge in [-0.05, 0) is 6.92 Å². The molecule has 0 unspecified atom stereocenters. The number of Topliss-reactive ketones (excluding diaryl/α,β-unsaturated/α-hetero) is 1. The number of ketones is 1. The molecule has 0 aromatic rings. The first-order valence-corrected chi connectivity index (χ1v) is 4.70. The first-order valence-electron chi connectivity index (χ1n) is 4.70. The molecule has 0 aliphatic carbocycles. The van der Waals surface area contributed by atoms with Gasteiger partial charge in [0.2, 0.25) is 0 Å². The fourth-order valence-corrected chi connectivity index (χ4v) is 0.905. The van der Waals surface area contributed by atoms with E-state index in [2.05, 4.69) is 4.74 Å². The van der Waals surface area contributed by atoms with Gasteiger partial charge in [0.1, 0.15) is 5.57 Å². The summed E-state index contributed by atoms with van der Waals surface area (Å²) in [6.45, 7) is 4.07. The Kier molecular flexibility index (Phi) is 5.20. The van der Waals surface area contributed by atoms with Crippen molar-refractivity contribution in [3.63, 3.8) is 0 Å². The van der Waals surface area contributed by atoms with Crippen LogP contribution in [0.4, 0.5) is 13.2 Å². The molecule has 0 spiro atoms. The third kappa shape index (κ3) is 4.46. The summed E-state index contributed by atoms with van der Waals surface area (Å²) in [6, 6.07) is 0. The summed E-state index contributed by atoms with van der Waals surface area (Å²) >= 11 is 0. The maximum Gasteiger partial charge on any atom is 0.420 e. The highest BCUT2D eigenvalue weighted by atomic mass is 19.4. The molecule has 0 rings (SSSR count). The molecule has 0 amide bonds. The summed E-state index contributed by atoms with van der Waals surface area (Å²) in [5.41, 5.74) is -1.47. The Balaban J connectivity index is 5.11. The predicted molar refractivity (Wildman–Crippen MR) is 50.6 cm³/mol. The zero-order chi connectivity index (χ0) is 12.9. The largest absolute Gasteiger partial charge is 0.463 e. The number of carbonyl (C=O) groups is 2. The predicted octanol–water partition coefficient (Wildman–Crippen LogP) is 2.26. The van der Waals surface area contributed by atoms with E-state index in [9.17, 15) is 22.8 Å². The van der Waals surface area contributed by atoms with Crippen LogP contribution >= 0.6 is 0 Å². The number of rotatable bonds is 4. The van der Waals surface area contributed by atoms with E-state index in [1.54, 1.807) is 0 Å².